The summed E-state index contributed by atoms with van der Waals surface area (Å²) in [6, 6.07) is 4.38. The maximum Gasteiger partial charge on any atom is 0.293 e. The van der Waals surface area contributed by atoms with E-state index in [1.165, 1.54) is 12.1 Å². The maximum atomic E-state index is 10.3. The fourth-order valence-corrected chi connectivity index (χ4v) is 0.887. The zero-order chi connectivity index (χ0) is 8.43. The number of rotatable bonds is 1. The van der Waals surface area contributed by atoms with Crippen molar-refractivity contribution in [2.24, 2.45) is 0 Å². The molecule has 0 fully saturated rings. The molecule has 4 nitrogen and oxygen atoms in total. The second kappa shape index (κ2) is 11.5. The normalized spacial score (nSPS) is 6.56. The molecule has 0 amide bonds. The molecule has 0 aromatic heterocycles. The van der Waals surface area contributed by atoms with Crippen LogP contribution in [0.2, 0.25) is 0 Å². The average molecular weight is 270 g/mol. The third kappa shape index (κ3) is 6.81. The van der Waals surface area contributed by atoms with E-state index in [1.54, 1.807) is 6.07 Å². The summed E-state index contributed by atoms with van der Waals surface area (Å²) >= 11 is 3.94. The minimum atomic E-state index is -0.533. The van der Waals surface area contributed by atoms with Crippen LogP contribution in [0.5, 0.6) is 0 Å². The van der Waals surface area contributed by atoms with Crippen LogP contribution in [0.3, 0.4) is 0 Å². The highest BCUT2D eigenvalue weighted by Crippen LogP contribution is 2.23. The molecule has 0 heterocycles. The molecule has 0 saturated carbocycles. The van der Waals surface area contributed by atoms with Crippen molar-refractivity contribution in [3.63, 3.8) is 0 Å². The topological polar surface area (TPSA) is 69.2 Å². The van der Waals surface area contributed by atoms with Crippen molar-refractivity contribution in [2.75, 3.05) is 5.73 Å². The van der Waals surface area contributed by atoms with Crippen LogP contribution >= 0.6 is 12.6 Å². The van der Waals surface area contributed by atoms with Crippen molar-refractivity contribution < 1.29 is 28.4 Å². The first kappa shape index (κ1) is 29.3. The minimum absolute atomic E-state index is 0. The molecule has 0 atom stereocenters. The monoisotopic (exact) mass is 270 g/mol. The molecule has 10 heteroatoms. The molecule has 1 aromatic rings. The summed E-state index contributed by atoms with van der Waals surface area (Å²) in [6.45, 7) is 0. The standard InChI is InChI=1S/C6H6N2O2S.5FH/c7-5-2-1-4(11)3-6(5)8(9)10;;;;;/h1-3,11H,7H2;5*1H. The van der Waals surface area contributed by atoms with E-state index in [4.69, 9.17) is 5.73 Å². The van der Waals surface area contributed by atoms with Crippen molar-refractivity contribution in [3.8, 4) is 0 Å². The number of anilines is 1. The molecule has 1 aromatic carbocycles. The van der Waals surface area contributed by atoms with E-state index in [9.17, 15) is 10.1 Å². The number of nitro benzene ring substituents is 1. The van der Waals surface area contributed by atoms with Crippen LogP contribution in [0.25, 0.3) is 0 Å². The molecule has 2 N–H and O–H groups in total. The first-order valence-electron chi connectivity index (χ1n) is 2.84. The molecule has 1 rings (SSSR count). The molecule has 0 aliphatic rings. The summed E-state index contributed by atoms with van der Waals surface area (Å²) < 4.78 is 0. The summed E-state index contributed by atoms with van der Waals surface area (Å²) in [5, 5.41) is 10.3. The van der Waals surface area contributed by atoms with Gasteiger partial charge in [0, 0.05) is 11.0 Å². The average Bonchev–Trinajstić information content (AvgIpc) is 1.94. The van der Waals surface area contributed by atoms with Crippen LogP contribution in [0.1, 0.15) is 0 Å². The van der Waals surface area contributed by atoms with Gasteiger partial charge in [0.1, 0.15) is 5.69 Å². The van der Waals surface area contributed by atoms with E-state index in [1.807, 2.05) is 0 Å². The lowest BCUT2D eigenvalue weighted by atomic mass is 10.3. The van der Waals surface area contributed by atoms with Crippen molar-refractivity contribution in [2.45, 2.75) is 4.90 Å². The Morgan fingerprint density at radius 3 is 1.88 bits per heavy atom. The van der Waals surface area contributed by atoms with E-state index in [0.29, 0.717) is 4.90 Å². The van der Waals surface area contributed by atoms with Crippen molar-refractivity contribution in [1.82, 2.24) is 0 Å². The van der Waals surface area contributed by atoms with E-state index >= 15 is 0 Å². The molecular weight excluding hydrogens is 259 g/mol. The second-order valence-electron chi connectivity index (χ2n) is 2.00. The van der Waals surface area contributed by atoms with Crippen LogP contribution in [0, 0.1) is 10.1 Å². The van der Waals surface area contributed by atoms with Crippen molar-refractivity contribution in [1.29, 1.82) is 0 Å². The van der Waals surface area contributed by atoms with Gasteiger partial charge in [-0.15, -0.1) is 12.6 Å². The van der Waals surface area contributed by atoms with Gasteiger partial charge in [-0.2, -0.15) is 0 Å². The Bertz CT molecular complexity index is 315. The predicted molar refractivity (Wildman–Crippen MR) is 57.3 cm³/mol. The third-order valence-electron chi connectivity index (χ3n) is 1.21. The molecule has 0 bridgehead atoms. The van der Waals surface area contributed by atoms with E-state index in [2.05, 4.69) is 12.6 Å². The number of hydrogen-bond donors (Lipinski definition) is 2. The number of nitro groups is 1. The Morgan fingerprint density at radius 2 is 1.56 bits per heavy atom. The molecule has 98 valence electrons. The zero-order valence-corrected chi connectivity index (χ0v) is 8.46. The Hall–Kier alpha value is -1.58. The van der Waals surface area contributed by atoms with Crippen LogP contribution in [-0.2, 0) is 0 Å². The van der Waals surface area contributed by atoms with Crippen molar-refractivity contribution in [3.05, 3.63) is 28.3 Å². The van der Waals surface area contributed by atoms with Crippen LogP contribution in [0.4, 0.5) is 34.9 Å². The quantitative estimate of drug-likeness (QED) is 0.270. The Morgan fingerprint density at radius 1 is 1.12 bits per heavy atom. The van der Waals surface area contributed by atoms with Gasteiger partial charge in [-0.25, -0.2) is 0 Å². The number of benzene rings is 1. The van der Waals surface area contributed by atoms with Gasteiger partial charge in [0.15, 0.2) is 0 Å². The molecule has 0 radical (unpaired) electrons. The number of nitrogens with two attached hydrogens (primary N) is 1. The summed E-state index contributed by atoms with van der Waals surface area (Å²) in [4.78, 5) is 10.3. The van der Waals surface area contributed by atoms with Gasteiger partial charge in [0.2, 0.25) is 0 Å². The molecular formula is C6H11F5N2O2S. The molecule has 0 spiro atoms. The van der Waals surface area contributed by atoms with Crippen LogP contribution < -0.4 is 5.73 Å². The lowest BCUT2D eigenvalue weighted by molar-refractivity contribution is -0.384. The highest BCUT2D eigenvalue weighted by Gasteiger charge is 2.09. The van der Waals surface area contributed by atoms with Crippen LogP contribution in [0.15, 0.2) is 23.1 Å². The first-order valence-corrected chi connectivity index (χ1v) is 3.29. The number of nitrogens with zero attached hydrogens (tertiary/aromatic N) is 1. The van der Waals surface area contributed by atoms with E-state index in [-0.39, 0.29) is 34.9 Å². The summed E-state index contributed by atoms with van der Waals surface area (Å²) in [7, 11) is 0. The van der Waals surface area contributed by atoms with Gasteiger partial charge in [0.05, 0.1) is 4.92 Å². The molecule has 0 saturated heterocycles. The van der Waals surface area contributed by atoms with Crippen molar-refractivity contribution >= 4 is 24.0 Å². The first-order chi connectivity index (χ1) is 5.11. The second-order valence-corrected chi connectivity index (χ2v) is 2.52. The Labute approximate surface area is 92.2 Å². The number of hydrogen-bond acceptors (Lipinski definition) is 4. The van der Waals surface area contributed by atoms with Gasteiger partial charge < -0.3 is 5.73 Å². The highest BCUT2D eigenvalue weighted by molar-refractivity contribution is 7.80. The van der Waals surface area contributed by atoms with Gasteiger partial charge >= 0.3 is 0 Å². The van der Waals surface area contributed by atoms with Crippen LogP contribution in [-0.4, -0.2) is 4.92 Å². The lowest BCUT2D eigenvalue weighted by Crippen LogP contribution is -1.94. The fourth-order valence-electron chi connectivity index (χ4n) is 0.690. The largest absolute Gasteiger partial charge is 0.393 e. The summed E-state index contributed by atoms with van der Waals surface area (Å²) in [5.41, 5.74) is 5.38. The number of thiol groups is 1. The Kier molecular flexibility index (Phi) is 21.0. The molecule has 16 heavy (non-hydrogen) atoms. The molecule has 0 aliphatic carbocycles. The van der Waals surface area contributed by atoms with Gasteiger partial charge in [-0.1, -0.05) is 0 Å². The molecule has 0 aliphatic heterocycles. The fraction of sp³-hybridized carbons (Fsp3) is 0. The van der Waals surface area contributed by atoms with E-state index in [0.717, 1.165) is 0 Å². The predicted octanol–water partition coefficient (Wildman–Crippen LogP) is 2.23. The lowest BCUT2D eigenvalue weighted by Gasteiger charge is -1.96. The smallest absolute Gasteiger partial charge is 0.293 e. The van der Waals surface area contributed by atoms with Gasteiger partial charge in [0.25, 0.3) is 5.69 Å². The summed E-state index contributed by atoms with van der Waals surface area (Å²) in [5.74, 6) is 0. The van der Waals surface area contributed by atoms with Gasteiger partial charge in [-0.05, 0) is 12.1 Å². The Balaban J connectivity index is -0.0000000807. The van der Waals surface area contributed by atoms with E-state index < -0.39 is 4.92 Å². The maximum absolute atomic E-state index is 10.3. The summed E-state index contributed by atoms with van der Waals surface area (Å²) in [6.07, 6.45) is 0. The number of nitrogen functional groups attached to an aromatic ring is 1. The minimum Gasteiger partial charge on any atom is -0.393 e. The highest BCUT2D eigenvalue weighted by atomic mass is 32.1. The zero-order valence-electron chi connectivity index (χ0n) is 7.56. The number of halogens is 5. The van der Waals surface area contributed by atoms with Gasteiger partial charge in [-0.3, -0.25) is 33.6 Å². The molecule has 0 unspecified atom stereocenters. The SMILES string of the molecule is F.F.F.F.F.Nc1ccc(S)cc1[N+](=O)[O-]. The third-order valence-corrected chi connectivity index (χ3v) is 1.49.